The van der Waals surface area contributed by atoms with Gasteiger partial charge in [0.15, 0.2) is 0 Å². The summed E-state index contributed by atoms with van der Waals surface area (Å²) >= 11 is 0. The predicted molar refractivity (Wildman–Crippen MR) is 96.6 cm³/mol. The summed E-state index contributed by atoms with van der Waals surface area (Å²) in [6.07, 6.45) is 3.95. The summed E-state index contributed by atoms with van der Waals surface area (Å²) in [6.45, 7) is 1.90. The van der Waals surface area contributed by atoms with Crippen molar-refractivity contribution in [3.05, 3.63) is 53.9 Å². The van der Waals surface area contributed by atoms with Crippen LogP contribution in [0.25, 0.3) is 0 Å². The summed E-state index contributed by atoms with van der Waals surface area (Å²) in [5.74, 6) is -0.562. The number of nitrogens with zero attached hydrogens (tertiary/aromatic N) is 3. The van der Waals surface area contributed by atoms with E-state index in [0.717, 1.165) is 40.3 Å². The van der Waals surface area contributed by atoms with Crippen molar-refractivity contribution in [1.29, 1.82) is 0 Å². The second-order valence-corrected chi connectivity index (χ2v) is 8.25. The number of amides is 3. The molecule has 0 aliphatic carbocycles. The number of benzene rings is 1. The minimum atomic E-state index is -5.51. The van der Waals surface area contributed by atoms with E-state index in [0.29, 0.717) is 6.42 Å². The van der Waals surface area contributed by atoms with Gasteiger partial charge in [0.1, 0.15) is 6.54 Å². The van der Waals surface area contributed by atoms with E-state index in [1.54, 1.807) is 18.5 Å². The van der Waals surface area contributed by atoms with Gasteiger partial charge in [-0.25, -0.2) is 18.1 Å². The summed E-state index contributed by atoms with van der Waals surface area (Å²) < 4.78 is 60.8. The second kappa shape index (κ2) is 7.47. The second-order valence-electron chi connectivity index (χ2n) is 6.31. The van der Waals surface area contributed by atoms with Crippen molar-refractivity contribution in [3.8, 4) is 0 Å². The van der Waals surface area contributed by atoms with Crippen LogP contribution in [0, 0.1) is 0 Å². The molecule has 1 aromatic carbocycles. The number of imide groups is 1. The molecule has 1 aliphatic heterocycles. The average molecular weight is 427 g/mol. The minimum absolute atomic E-state index is 0.00549. The number of halogens is 3. The SMILES string of the molecule is CCc1cnccc1CN1CC(=O)N(c2ccc(S(=O)(=O)C(F)(F)F)cc2)C1=O. The molecule has 0 bridgehead atoms. The highest BCUT2D eigenvalue weighted by Crippen LogP contribution is 2.32. The quantitative estimate of drug-likeness (QED) is 0.685. The standard InChI is InChI=1S/C18H16F3N3O4S/c1-2-12-9-22-8-7-13(12)10-23-11-16(25)24(17(23)26)14-3-5-15(6-4-14)29(27,28)18(19,20)21/h3-9H,2,10-11H2,1H3. The molecular formula is C18H16F3N3O4S. The van der Waals surface area contributed by atoms with Gasteiger partial charge in [0.25, 0.3) is 15.7 Å². The number of aromatic nitrogens is 1. The van der Waals surface area contributed by atoms with Crippen molar-refractivity contribution >= 4 is 27.5 Å². The van der Waals surface area contributed by atoms with Crippen LogP contribution < -0.4 is 4.90 Å². The van der Waals surface area contributed by atoms with E-state index in [4.69, 9.17) is 0 Å². The molecule has 2 heterocycles. The van der Waals surface area contributed by atoms with Gasteiger partial charge in [-0.3, -0.25) is 9.78 Å². The zero-order valence-corrected chi connectivity index (χ0v) is 16.0. The number of aryl methyl sites for hydroxylation is 1. The third-order valence-corrected chi connectivity index (χ3v) is 6.00. The Morgan fingerprint density at radius 1 is 1.07 bits per heavy atom. The van der Waals surface area contributed by atoms with Crippen molar-refractivity contribution in [2.75, 3.05) is 11.4 Å². The number of pyridine rings is 1. The van der Waals surface area contributed by atoms with Crippen molar-refractivity contribution in [2.24, 2.45) is 0 Å². The van der Waals surface area contributed by atoms with Crippen LogP contribution in [-0.2, 0) is 27.6 Å². The van der Waals surface area contributed by atoms with E-state index in [9.17, 15) is 31.2 Å². The number of carbonyl (C=O) groups excluding carboxylic acids is 2. The number of rotatable bonds is 5. The fourth-order valence-electron chi connectivity index (χ4n) is 2.97. The lowest BCUT2D eigenvalue weighted by Gasteiger charge is -2.18. The van der Waals surface area contributed by atoms with Crippen LogP contribution in [0.3, 0.4) is 0 Å². The van der Waals surface area contributed by atoms with Gasteiger partial charge in [-0.1, -0.05) is 6.92 Å². The lowest BCUT2D eigenvalue weighted by Crippen LogP contribution is -2.33. The largest absolute Gasteiger partial charge is 0.501 e. The van der Waals surface area contributed by atoms with Crippen molar-refractivity contribution in [2.45, 2.75) is 30.3 Å². The highest BCUT2D eigenvalue weighted by molar-refractivity contribution is 7.92. The Morgan fingerprint density at radius 3 is 2.31 bits per heavy atom. The lowest BCUT2D eigenvalue weighted by molar-refractivity contribution is -0.116. The number of carbonyl (C=O) groups is 2. The van der Waals surface area contributed by atoms with Gasteiger partial charge in [-0.05, 0) is 47.9 Å². The third-order valence-electron chi connectivity index (χ3n) is 4.49. The van der Waals surface area contributed by atoms with Crippen LogP contribution in [0.15, 0.2) is 47.6 Å². The molecule has 0 N–H and O–H groups in total. The zero-order chi connectivity index (χ0) is 21.4. The van der Waals surface area contributed by atoms with Crippen LogP contribution in [0.1, 0.15) is 18.1 Å². The van der Waals surface area contributed by atoms with Gasteiger partial charge in [0, 0.05) is 18.9 Å². The molecule has 154 valence electrons. The maximum Gasteiger partial charge on any atom is 0.501 e. The molecule has 2 aromatic rings. The Hall–Kier alpha value is -2.95. The van der Waals surface area contributed by atoms with Gasteiger partial charge < -0.3 is 4.90 Å². The normalized spacial score (nSPS) is 15.3. The van der Waals surface area contributed by atoms with E-state index < -0.39 is 32.2 Å². The molecule has 0 unspecified atom stereocenters. The Bertz CT molecular complexity index is 1050. The summed E-state index contributed by atoms with van der Waals surface area (Å²) in [5, 5.41) is 0. The number of hydrogen-bond donors (Lipinski definition) is 0. The number of hydrogen-bond acceptors (Lipinski definition) is 5. The lowest BCUT2D eigenvalue weighted by atomic mass is 10.1. The molecule has 1 fully saturated rings. The van der Waals surface area contributed by atoms with Gasteiger partial charge in [0.2, 0.25) is 0 Å². The molecule has 3 rings (SSSR count). The van der Waals surface area contributed by atoms with E-state index in [1.807, 2.05) is 6.92 Å². The first-order valence-electron chi connectivity index (χ1n) is 8.51. The molecule has 0 saturated carbocycles. The van der Waals surface area contributed by atoms with Crippen molar-refractivity contribution in [3.63, 3.8) is 0 Å². The Morgan fingerprint density at radius 2 is 1.72 bits per heavy atom. The smallest absolute Gasteiger partial charge is 0.310 e. The molecule has 3 amide bonds. The van der Waals surface area contributed by atoms with E-state index in [2.05, 4.69) is 4.98 Å². The minimum Gasteiger partial charge on any atom is -0.310 e. The maximum absolute atomic E-state index is 12.7. The van der Waals surface area contributed by atoms with Gasteiger partial charge >= 0.3 is 11.5 Å². The predicted octanol–water partition coefficient (Wildman–Crippen LogP) is 2.91. The number of alkyl halides is 3. The first kappa shape index (κ1) is 20.8. The Labute approximate surface area is 164 Å². The topological polar surface area (TPSA) is 87.7 Å². The number of urea groups is 1. The van der Waals surface area contributed by atoms with Crippen molar-refractivity contribution < 1.29 is 31.2 Å². The van der Waals surface area contributed by atoms with Gasteiger partial charge in [0.05, 0.1) is 10.6 Å². The van der Waals surface area contributed by atoms with Crippen molar-refractivity contribution in [1.82, 2.24) is 9.88 Å². The first-order chi connectivity index (χ1) is 13.6. The van der Waals surface area contributed by atoms with Gasteiger partial charge in [-0.15, -0.1) is 0 Å². The van der Waals surface area contributed by atoms with Crippen LogP contribution in [0.4, 0.5) is 23.7 Å². The summed E-state index contributed by atoms with van der Waals surface area (Å²) in [6, 6.07) is 4.55. The highest BCUT2D eigenvalue weighted by atomic mass is 32.2. The molecule has 0 atom stereocenters. The zero-order valence-electron chi connectivity index (χ0n) is 15.2. The van der Waals surface area contributed by atoms with Crippen LogP contribution >= 0.6 is 0 Å². The van der Waals surface area contributed by atoms with Crippen LogP contribution in [-0.4, -0.2) is 42.3 Å². The molecule has 1 aromatic heterocycles. The molecule has 7 nitrogen and oxygen atoms in total. The summed E-state index contributed by atoms with van der Waals surface area (Å²) in [4.78, 5) is 30.2. The number of sulfone groups is 1. The first-order valence-corrected chi connectivity index (χ1v) is 9.99. The molecular weight excluding hydrogens is 411 g/mol. The fraction of sp³-hybridized carbons (Fsp3) is 0.278. The number of anilines is 1. The average Bonchev–Trinajstić information content (AvgIpc) is 2.94. The van der Waals surface area contributed by atoms with Crippen LogP contribution in [0.2, 0.25) is 0 Å². The molecule has 0 radical (unpaired) electrons. The van der Waals surface area contributed by atoms with E-state index in [1.165, 1.54) is 4.90 Å². The molecule has 1 saturated heterocycles. The Balaban J connectivity index is 1.83. The summed E-state index contributed by atoms with van der Waals surface area (Å²) in [7, 11) is -5.51. The molecule has 29 heavy (non-hydrogen) atoms. The van der Waals surface area contributed by atoms with Gasteiger partial charge in [-0.2, -0.15) is 13.2 Å². The third kappa shape index (κ3) is 3.82. The maximum atomic E-state index is 12.7. The van der Waals surface area contributed by atoms with Crippen LogP contribution in [0.5, 0.6) is 0 Å². The monoisotopic (exact) mass is 427 g/mol. The van der Waals surface area contributed by atoms with E-state index in [-0.39, 0.29) is 18.8 Å². The molecule has 11 heteroatoms. The Kier molecular flexibility index (Phi) is 5.35. The highest BCUT2D eigenvalue weighted by Gasteiger charge is 2.47. The molecule has 1 aliphatic rings. The fourth-order valence-corrected chi connectivity index (χ4v) is 3.73. The molecule has 0 spiro atoms. The van der Waals surface area contributed by atoms with E-state index >= 15 is 0 Å². The summed E-state index contributed by atoms with van der Waals surface area (Å²) in [5.41, 5.74) is -3.69.